The lowest BCUT2D eigenvalue weighted by Gasteiger charge is -2.21. The number of hydrogen-bond donors (Lipinski definition) is 1. The van der Waals surface area contributed by atoms with E-state index in [-0.39, 0.29) is 17.7 Å². The molecule has 1 saturated heterocycles. The molecule has 0 aromatic rings. The molecule has 1 amide bonds. The monoisotopic (exact) mass is 196 g/mol. The third-order valence-corrected chi connectivity index (χ3v) is 2.91. The van der Waals surface area contributed by atoms with Crippen molar-refractivity contribution in [1.29, 1.82) is 0 Å². The summed E-state index contributed by atoms with van der Waals surface area (Å²) in [5, 5.41) is 2.95. The molecule has 1 atom stereocenters. The Bertz CT molecular complexity index is 261. The fraction of sp³-hybridized carbons (Fsp3) is 0.800. The Morgan fingerprint density at radius 3 is 2.79 bits per heavy atom. The molecular formula is C10H16N2O2. The van der Waals surface area contributed by atoms with Gasteiger partial charge in [0.05, 0.1) is 12.6 Å². The first kappa shape index (κ1) is 9.65. The Labute approximate surface area is 83.6 Å². The Hall–Kier alpha value is -0.900. The van der Waals surface area contributed by atoms with Gasteiger partial charge in [-0.3, -0.25) is 14.5 Å². The third kappa shape index (κ3) is 2.12. The number of Topliss-reactive ketones (excluding diaryl/α,β-unsaturated/α-hetero) is 1. The molecule has 1 aliphatic heterocycles. The van der Waals surface area contributed by atoms with Gasteiger partial charge in [-0.05, 0) is 19.8 Å². The second-order valence-corrected chi connectivity index (χ2v) is 4.22. The van der Waals surface area contributed by atoms with Gasteiger partial charge in [0.2, 0.25) is 5.91 Å². The smallest absolute Gasteiger partial charge is 0.237 e. The first-order valence-corrected chi connectivity index (χ1v) is 5.23. The van der Waals surface area contributed by atoms with Crippen molar-refractivity contribution in [1.82, 2.24) is 10.2 Å². The van der Waals surface area contributed by atoms with Crippen molar-refractivity contribution in [3.05, 3.63) is 0 Å². The number of carbonyl (C=O) groups excluding carboxylic acids is 2. The van der Waals surface area contributed by atoms with E-state index in [0.717, 1.165) is 19.4 Å². The molecule has 14 heavy (non-hydrogen) atoms. The number of ketones is 1. The van der Waals surface area contributed by atoms with Crippen molar-refractivity contribution in [2.45, 2.75) is 38.3 Å². The van der Waals surface area contributed by atoms with Crippen molar-refractivity contribution in [2.75, 3.05) is 13.1 Å². The summed E-state index contributed by atoms with van der Waals surface area (Å²) in [5.41, 5.74) is 0. The van der Waals surface area contributed by atoms with Crippen LogP contribution >= 0.6 is 0 Å². The molecule has 1 N–H and O–H groups in total. The van der Waals surface area contributed by atoms with Gasteiger partial charge < -0.3 is 5.32 Å². The number of nitrogens with zero attached hydrogens (tertiary/aromatic N) is 1. The molecule has 0 radical (unpaired) electrons. The summed E-state index contributed by atoms with van der Waals surface area (Å²) in [5.74, 6) is 0.318. The zero-order valence-corrected chi connectivity index (χ0v) is 8.45. The maximum atomic E-state index is 11.6. The minimum Gasteiger partial charge on any atom is -0.352 e. The molecule has 4 nitrogen and oxygen atoms in total. The van der Waals surface area contributed by atoms with E-state index in [1.165, 1.54) is 0 Å². The molecule has 1 heterocycles. The van der Waals surface area contributed by atoms with Crippen LogP contribution in [0.1, 0.15) is 26.2 Å². The van der Waals surface area contributed by atoms with E-state index in [9.17, 15) is 9.59 Å². The Balaban J connectivity index is 1.83. The second kappa shape index (κ2) is 3.69. The van der Waals surface area contributed by atoms with Crippen LogP contribution < -0.4 is 5.32 Å². The molecule has 0 bridgehead atoms. The van der Waals surface area contributed by atoms with Crippen LogP contribution in [0.25, 0.3) is 0 Å². The second-order valence-electron chi connectivity index (χ2n) is 4.22. The molecule has 78 valence electrons. The van der Waals surface area contributed by atoms with Crippen LogP contribution in [0.5, 0.6) is 0 Å². The highest BCUT2D eigenvalue weighted by Gasteiger charge is 2.31. The highest BCUT2D eigenvalue weighted by molar-refractivity contribution is 5.86. The Kier molecular flexibility index (Phi) is 2.54. The molecule has 4 heteroatoms. The lowest BCUT2D eigenvalue weighted by molar-refractivity contribution is -0.125. The van der Waals surface area contributed by atoms with Crippen molar-refractivity contribution in [3.8, 4) is 0 Å². The van der Waals surface area contributed by atoms with E-state index in [0.29, 0.717) is 19.0 Å². The van der Waals surface area contributed by atoms with Gasteiger partial charge in [-0.1, -0.05) is 0 Å². The van der Waals surface area contributed by atoms with Gasteiger partial charge in [0.25, 0.3) is 0 Å². The van der Waals surface area contributed by atoms with Crippen LogP contribution in [0.4, 0.5) is 0 Å². The van der Waals surface area contributed by atoms with Crippen LogP contribution in [0.3, 0.4) is 0 Å². The summed E-state index contributed by atoms with van der Waals surface area (Å²) in [6, 6.07) is 0.255. The predicted octanol–water partition coefficient (Wildman–Crippen LogP) is -0.0717. The summed E-state index contributed by atoms with van der Waals surface area (Å²) in [7, 11) is 0. The van der Waals surface area contributed by atoms with Crippen LogP contribution in [0, 0.1) is 0 Å². The SMILES string of the molecule is CC(C(=O)NC1CC1)N1CCC(=O)C1. The maximum Gasteiger partial charge on any atom is 0.237 e. The number of rotatable bonds is 3. The van der Waals surface area contributed by atoms with Crippen molar-refractivity contribution in [2.24, 2.45) is 0 Å². The van der Waals surface area contributed by atoms with Crippen molar-refractivity contribution >= 4 is 11.7 Å². The summed E-state index contributed by atoms with van der Waals surface area (Å²) in [6.07, 6.45) is 2.82. The van der Waals surface area contributed by atoms with Gasteiger partial charge in [0.15, 0.2) is 0 Å². The molecule has 0 spiro atoms. The number of nitrogens with one attached hydrogen (secondary N) is 1. The number of likely N-dealkylation sites (tertiary alicyclic amines) is 1. The molecule has 0 aromatic heterocycles. The third-order valence-electron chi connectivity index (χ3n) is 2.91. The molecule has 1 unspecified atom stereocenters. The zero-order valence-electron chi connectivity index (χ0n) is 8.45. The summed E-state index contributed by atoms with van der Waals surface area (Å²) >= 11 is 0. The van der Waals surface area contributed by atoms with Crippen LogP contribution in [-0.2, 0) is 9.59 Å². The average Bonchev–Trinajstić information content (AvgIpc) is 2.85. The summed E-state index contributed by atoms with van der Waals surface area (Å²) in [6.45, 7) is 3.05. The highest BCUT2D eigenvalue weighted by atomic mass is 16.2. The Morgan fingerprint density at radius 2 is 2.29 bits per heavy atom. The maximum absolute atomic E-state index is 11.6. The van der Waals surface area contributed by atoms with Crippen molar-refractivity contribution in [3.63, 3.8) is 0 Å². The van der Waals surface area contributed by atoms with Gasteiger partial charge in [-0.25, -0.2) is 0 Å². The molecule has 1 aliphatic carbocycles. The molecular weight excluding hydrogens is 180 g/mol. The fourth-order valence-corrected chi connectivity index (χ4v) is 1.70. The Morgan fingerprint density at radius 1 is 1.57 bits per heavy atom. The topological polar surface area (TPSA) is 49.4 Å². The number of amides is 1. The fourth-order valence-electron chi connectivity index (χ4n) is 1.70. The zero-order chi connectivity index (χ0) is 10.1. The van der Waals surface area contributed by atoms with E-state index in [1.807, 2.05) is 11.8 Å². The minimum atomic E-state index is -0.151. The molecule has 2 rings (SSSR count). The summed E-state index contributed by atoms with van der Waals surface area (Å²) in [4.78, 5) is 24.6. The normalized spacial score (nSPS) is 25.1. The van der Waals surface area contributed by atoms with Gasteiger partial charge >= 0.3 is 0 Å². The molecule has 2 aliphatic rings. The van der Waals surface area contributed by atoms with Crippen molar-refractivity contribution < 1.29 is 9.59 Å². The standard InChI is InChI=1S/C10H16N2O2/c1-7(10(14)11-8-2-3-8)12-5-4-9(13)6-12/h7-8H,2-6H2,1H3,(H,11,14). The van der Waals surface area contributed by atoms with Gasteiger partial charge in [0.1, 0.15) is 5.78 Å². The van der Waals surface area contributed by atoms with Crippen LogP contribution in [0.2, 0.25) is 0 Å². The minimum absolute atomic E-state index is 0.0715. The van der Waals surface area contributed by atoms with E-state index < -0.39 is 0 Å². The summed E-state index contributed by atoms with van der Waals surface area (Å²) < 4.78 is 0. The molecule has 1 saturated carbocycles. The number of hydrogen-bond acceptors (Lipinski definition) is 3. The van der Waals surface area contributed by atoms with Crippen LogP contribution in [0.15, 0.2) is 0 Å². The average molecular weight is 196 g/mol. The van der Waals surface area contributed by atoms with Gasteiger partial charge in [-0.2, -0.15) is 0 Å². The largest absolute Gasteiger partial charge is 0.352 e. The molecule has 0 aromatic carbocycles. The molecule has 2 fully saturated rings. The first-order chi connectivity index (χ1) is 6.66. The van der Waals surface area contributed by atoms with Gasteiger partial charge in [0, 0.05) is 19.0 Å². The highest BCUT2D eigenvalue weighted by Crippen LogP contribution is 2.19. The lowest BCUT2D eigenvalue weighted by Crippen LogP contribution is -2.44. The number of carbonyl (C=O) groups is 2. The van der Waals surface area contributed by atoms with E-state index in [4.69, 9.17) is 0 Å². The van der Waals surface area contributed by atoms with E-state index in [2.05, 4.69) is 5.32 Å². The van der Waals surface area contributed by atoms with E-state index in [1.54, 1.807) is 0 Å². The quantitative estimate of drug-likeness (QED) is 0.687. The van der Waals surface area contributed by atoms with Crippen LogP contribution in [-0.4, -0.2) is 41.8 Å². The van der Waals surface area contributed by atoms with Gasteiger partial charge in [-0.15, -0.1) is 0 Å². The predicted molar refractivity (Wildman–Crippen MR) is 51.8 cm³/mol. The van der Waals surface area contributed by atoms with E-state index >= 15 is 0 Å². The lowest BCUT2D eigenvalue weighted by atomic mass is 10.3. The first-order valence-electron chi connectivity index (χ1n) is 5.23.